The molecule has 0 aromatic heterocycles. The predicted molar refractivity (Wildman–Crippen MR) is 67.1 cm³/mol. The van der Waals surface area contributed by atoms with Crippen molar-refractivity contribution in [3.8, 4) is 0 Å². The summed E-state index contributed by atoms with van der Waals surface area (Å²) in [4.78, 5) is 36.3. The molecule has 1 rings (SSSR count). The van der Waals surface area contributed by atoms with Gasteiger partial charge in [0.15, 0.2) is 0 Å². The standard InChI is InChI=1S/C9H20O7P2.2Na.2H/c1-8(5-3-2-4-6-8)7-9(10,17(11,12)13)18(14,15)16;;;;/h10H,2-7H2,1H3,(H2,11,12,13)(H2,14,15,16);;;;/q;2*+1;2*-1. The molecule has 0 amide bonds. The van der Waals surface area contributed by atoms with Crippen LogP contribution in [-0.2, 0) is 9.13 Å². The van der Waals surface area contributed by atoms with E-state index < -0.39 is 32.1 Å². The Bertz CT molecular complexity index is 387. The third kappa shape index (κ3) is 5.72. The van der Waals surface area contributed by atoms with Crippen molar-refractivity contribution >= 4 is 15.2 Å². The van der Waals surface area contributed by atoms with Crippen molar-refractivity contribution in [3.63, 3.8) is 0 Å². The molecule has 0 heterocycles. The molecule has 0 aromatic rings. The molecule has 0 spiro atoms. The van der Waals surface area contributed by atoms with E-state index in [0.29, 0.717) is 12.8 Å². The van der Waals surface area contributed by atoms with Crippen LogP contribution in [0.3, 0.4) is 0 Å². The third-order valence-electron chi connectivity index (χ3n) is 3.66. The average Bonchev–Trinajstić information content (AvgIpc) is 2.14. The van der Waals surface area contributed by atoms with Gasteiger partial charge in [-0.15, -0.1) is 0 Å². The SMILES string of the molecule is CC1(CC(O)(P(=O)(O)O)P(=O)(O)O)CCCCC1.[H-].[H-].[Na+].[Na+]. The molecule has 0 aliphatic heterocycles. The second-order valence-electron chi connectivity index (χ2n) is 5.41. The van der Waals surface area contributed by atoms with Gasteiger partial charge >= 0.3 is 74.3 Å². The molecule has 5 N–H and O–H groups in total. The number of hydrogen-bond donors (Lipinski definition) is 5. The fourth-order valence-electron chi connectivity index (χ4n) is 2.53. The van der Waals surface area contributed by atoms with Crippen LogP contribution in [0, 0.1) is 5.41 Å². The molecule has 1 aliphatic carbocycles. The van der Waals surface area contributed by atoms with Crippen molar-refractivity contribution in [1.29, 1.82) is 0 Å². The van der Waals surface area contributed by atoms with E-state index in [0.717, 1.165) is 19.3 Å². The van der Waals surface area contributed by atoms with Crippen LogP contribution in [0.5, 0.6) is 0 Å². The smallest absolute Gasteiger partial charge is 1.00 e. The minimum atomic E-state index is -5.33. The Morgan fingerprint density at radius 3 is 1.65 bits per heavy atom. The first-order chi connectivity index (χ1) is 7.91. The fourth-order valence-corrected chi connectivity index (χ4v) is 5.06. The quantitative estimate of drug-likeness (QED) is 0.255. The van der Waals surface area contributed by atoms with Gasteiger partial charge in [-0.05, 0) is 18.3 Å². The van der Waals surface area contributed by atoms with Crippen LogP contribution in [0.1, 0.15) is 48.3 Å². The van der Waals surface area contributed by atoms with Crippen LogP contribution in [0.2, 0.25) is 0 Å². The molecule has 20 heavy (non-hydrogen) atoms. The minimum absolute atomic E-state index is 0. The minimum Gasteiger partial charge on any atom is -1.00 e. The van der Waals surface area contributed by atoms with E-state index in [1.54, 1.807) is 6.92 Å². The van der Waals surface area contributed by atoms with Crippen molar-refractivity contribution in [3.05, 3.63) is 0 Å². The summed E-state index contributed by atoms with van der Waals surface area (Å²) in [5.41, 5.74) is -0.657. The van der Waals surface area contributed by atoms with Crippen LogP contribution in [0.15, 0.2) is 0 Å². The molecule has 1 saturated carbocycles. The molecule has 0 aromatic carbocycles. The first kappa shape index (κ1) is 24.5. The van der Waals surface area contributed by atoms with Gasteiger partial charge in [0.05, 0.1) is 0 Å². The maximum atomic E-state index is 11.3. The van der Waals surface area contributed by atoms with Crippen molar-refractivity contribution in [1.82, 2.24) is 0 Å². The van der Waals surface area contributed by atoms with E-state index >= 15 is 0 Å². The molecule has 0 atom stereocenters. The van der Waals surface area contributed by atoms with Gasteiger partial charge in [0.25, 0.3) is 5.08 Å². The normalized spacial score (nSPS) is 19.7. The number of aliphatic hydroxyl groups is 1. The van der Waals surface area contributed by atoms with Gasteiger partial charge in [-0.3, -0.25) is 9.13 Å². The molecule has 11 heteroatoms. The van der Waals surface area contributed by atoms with Crippen LogP contribution in [0.4, 0.5) is 0 Å². The van der Waals surface area contributed by atoms with Crippen molar-refractivity contribution < 1.29 is 95.8 Å². The van der Waals surface area contributed by atoms with Gasteiger partial charge in [-0.2, -0.15) is 0 Å². The molecule has 7 nitrogen and oxygen atoms in total. The molecule has 0 saturated heterocycles. The monoisotopic (exact) mass is 350 g/mol. The van der Waals surface area contributed by atoms with Gasteiger partial charge in [0.2, 0.25) is 0 Å². The largest absolute Gasteiger partial charge is 1.00 e. The maximum Gasteiger partial charge on any atom is 1.00 e. The third-order valence-corrected chi connectivity index (χ3v) is 7.40. The van der Waals surface area contributed by atoms with Crippen LogP contribution >= 0.6 is 15.2 Å². The van der Waals surface area contributed by atoms with E-state index in [1.807, 2.05) is 0 Å². The Labute approximate surface area is 165 Å². The summed E-state index contributed by atoms with van der Waals surface area (Å²) >= 11 is 0. The van der Waals surface area contributed by atoms with Gasteiger partial charge < -0.3 is 27.5 Å². The zero-order chi connectivity index (χ0) is 14.2. The van der Waals surface area contributed by atoms with E-state index in [2.05, 4.69) is 0 Å². The van der Waals surface area contributed by atoms with E-state index in [-0.39, 0.29) is 62.0 Å². The molecular formula is C9H22Na2O7P2. The van der Waals surface area contributed by atoms with Crippen LogP contribution in [-0.4, -0.2) is 29.8 Å². The Hall–Kier alpha value is 2.26. The first-order valence-electron chi connectivity index (χ1n) is 5.75. The van der Waals surface area contributed by atoms with E-state index in [9.17, 15) is 14.2 Å². The summed E-state index contributed by atoms with van der Waals surface area (Å²) in [5.74, 6) is 0. The van der Waals surface area contributed by atoms with Crippen molar-refractivity contribution in [2.45, 2.75) is 50.5 Å². The number of rotatable bonds is 4. The van der Waals surface area contributed by atoms with Crippen LogP contribution in [0.25, 0.3) is 0 Å². The van der Waals surface area contributed by atoms with Gasteiger partial charge in [-0.1, -0.05) is 26.2 Å². The maximum absolute atomic E-state index is 11.3. The molecule has 1 aliphatic rings. The van der Waals surface area contributed by atoms with Gasteiger partial charge in [0.1, 0.15) is 0 Å². The second kappa shape index (κ2) is 8.39. The van der Waals surface area contributed by atoms with E-state index in [1.165, 1.54) is 0 Å². The average molecular weight is 350 g/mol. The zero-order valence-corrected chi connectivity index (χ0v) is 18.0. The summed E-state index contributed by atoms with van der Waals surface area (Å²) in [6, 6.07) is 0. The Balaban J connectivity index is -0.000000405. The molecular weight excluding hydrogens is 328 g/mol. The van der Waals surface area contributed by atoms with Crippen molar-refractivity contribution in [2.24, 2.45) is 5.41 Å². The Morgan fingerprint density at radius 2 is 1.35 bits per heavy atom. The summed E-state index contributed by atoms with van der Waals surface area (Å²) in [7, 11) is -10.7. The Kier molecular flexibility index (Phi) is 10.3. The van der Waals surface area contributed by atoms with Crippen molar-refractivity contribution in [2.75, 3.05) is 0 Å². The Morgan fingerprint density at radius 1 is 1.00 bits per heavy atom. The number of hydrogen-bond acceptors (Lipinski definition) is 3. The summed E-state index contributed by atoms with van der Waals surface area (Å²) in [6.07, 6.45) is 3.24. The van der Waals surface area contributed by atoms with Gasteiger partial charge in [-0.25, -0.2) is 0 Å². The molecule has 0 bridgehead atoms. The molecule has 1 fully saturated rings. The predicted octanol–water partition coefficient (Wildman–Crippen LogP) is -4.42. The van der Waals surface area contributed by atoms with Crippen LogP contribution < -0.4 is 59.1 Å². The van der Waals surface area contributed by atoms with Gasteiger partial charge in [0, 0.05) is 6.42 Å². The van der Waals surface area contributed by atoms with E-state index in [4.69, 9.17) is 19.6 Å². The zero-order valence-electron chi connectivity index (χ0n) is 14.2. The molecule has 112 valence electrons. The topological polar surface area (TPSA) is 135 Å². The molecule has 0 radical (unpaired) electrons. The summed E-state index contributed by atoms with van der Waals surface area (Å²) in [5, 5.41) is 6.60. The first-order valence-corrected chi connectivity index (χ1v) is 8.97. The summed E-state index contributed by atoms with van der Waals surface area (Å²) < 4.78 is 22.5. The summed E-state index contributed by atoms with van der Waals surface area (Å²) in [6.45, 7) is 1.70. The fraction of sp³-hybridized carbons (Fsp3) is 1.00. The molecule has 0 unspecified atom stereocenters. The second-order valence-corrected chi connectivity index (χ2v) is 9.42.